The third kappa shape index (κ3) is 4.07. The normalized spacial score (nSPS) is 18.9. The van der Waals surface area contributed by atoms with Gasteiger partial charge in [0.2, 0.25) is 0 Å². The second-order valence-corrected chi connectivity index (χ2v) is 7.85. The first-order valence-electron chi connectivity index (χ1n) is 10.4. The van der Waals surface area contributed by atoms with Crippen LogP contribution in [0.15, 0.2) is 48.8 Å². The lowest BCUT2D eigenvalue weighted by Crippen LogP contribution is -2.49. The number of nitrogens with zero attached hydrogens (tertiary/aromatic N) is 3. The van der Waals surface area contributed by atoms with Gasteiger partial charge in [-0.1, -0.05) is 18.9 Å². The van der Waals surface area contributed by atoms with Crippen molar-refractivity contribution in [2.75, 3.05) is 24.3 Å². The molecule has 1 aliphatic carbocycles. The maximum atomic E-state index is 12.0. The predicted molar refractivity (Wildman–Crippen MR) is 121 cm³/mol. The van der Waals surface area contributed by atoms with E-state index in [2.05, 4.69) is 27.6 Å². The molecule has 4 rings (SSSR count). The maximum absolute atomic E-state index is 12.0. The average Bonchev–Trinajstić information content (AvgIpc) is 2.78. The van der Waals surface area contributed by atoms with Crippen LogP contribution in [0.5, 0.6) is 0 Å². The van der Waals surface area contributed by atoms with E-state index in [1.807, 2.05) is 43.6 Å². The molecule has 0 saturated heterocycles. The molecule has 1 amide bonds. The molecule has 2 atom stereocenters. The van der Waals surface area contributed by atoms with Crippen molar-refractivity contribution in [3.63, 3.8) is 0 Å². The summed E-state index contributed by atoms with van der Waals surface area (Å²) >= 11 is 0. The van der Waals surface area contributed by atoms with Crippen LogP contribution in [0.2, 0.25) is 0 Å². The quantitative estimate of drug-likeness (QED) is 0.582. The fraction of sp³-hybridized carbons (Fsp3) is 0.348. The zero-order valence-electron chi connectivity index (χ0n) is 17.4. The molecule has 1 aromatic carbocycles. The number of anilines is 3. The highest BCUT2D eigenvalue weighted by Gasteiger charge is 2.28. The van der Waals surface area contributed by atoms with Crippen molar-refractivity contribution >= 4 is 34.0 Å². The zero-order chi connectivity index (χ0) is 21.1. The number of hydrogen-bond donors (Lipinski definition) is 3. The number of hydrogen-bond acceptors (Lipinski definition) is 6. The number of rotatable bonds is 6. The van der Waals surface area contributed by atoms with Crippen molar-refractivity contribution < 1.29 is 4.79 Å². The minimum atomic E-state index is -0.505. The minimum Gasteiger partial charge on any atom is -0.365 e. The highest BCUT2D eigenvalue weighted by molar-refractivity contribution is 5.99. The van der Waals surface area contributed by atoms with E-state index in [0.717, 1.165) is 35.1 Å². The van der Waals surface area contributed by atoms with Gasteiger partial charge in [-0.05, 0) is 55.6 Å². The van der Waals surface area contributed by atoms with E-state index in [1.54, 1.807) is 12.3 Å². The molecule has 30 heavy (non-hydrogen) atoms. The highest BCUT2D eigenvalue weighted by Crippen LogP contribution is 2.29. The number of aromatic nitrogens is 2. The smallest absolute Gasteiger partial charge is 0.252 e. The van der Waals surface area contributed by atoms with E-state index in [4.69, 9.17) is 10.7 Å². The lowest BCUT2D eigenvalue weighted by Gasteiger charge is -2.38. The number of likely N-dealkylation sites (N-methyl/N-ethyl adjacent to an activating group) is 2. The van der Waals surface area contributed by atoms with Crippen LogP contribution in [0, 0.1) is 0 Å². The van der Waals surface area contributed by atoms with Gasteiger partial charge in [-0.25, -0.2) is 4.98 Å². The van der Waals surface area contributed by atoms with Crippen molar-refractivity contribution in [3.05, 3.63) is 54.4 Å². The molecule has 1 saturated carbocycles. The molecule has 0 radical (unpaired) electrons. The Balaban J connectivity index is 1.66. The largest absolute Gasteiger partial charge is 0.365 e. The van der Waals surface area contributed by atoms with E-state index >= 15 is 0 Å². The fourth-order valence-electron chi connectivity index (χ4n) is 4.32. The number of benzene rings is 1. The maximum Gasteiger partial charge on any atom is 0.252 e. The van der Waals surface area contributed by atoms with Crippen molar-refractivity contribution in [2.45, 2.75) is 37.8 Å². The fourth-order valence-corrected chi connectivity index (χ4v) is 4.32. The van der Waals surface area contributed by atoms with Crippen LogP contribution in [-0.2, 0) is 0 Å². The Morgan fingerprint density at radius 3 is 2.77 bits per heavy atom. The lowest BCUT2D eigenvalue weighted by atomic mass is 9.89. The predicted octanol–water partition coefficient (Wildman–Crippen LogP) is 3.44. The van der Waals surface area contributed by atoms with Crippen LogP contribution in [0.3, 0.4) is 0 Å². The van der Waals surface area contributed by atoms with Gasteiger partial charge < -0.3 is 21.3 Å². The number of carbonyl (C=O) groups excluding carboxylic acids is 1. The van der Waals surface area contributed by atoms with Gasteiger partial charge in [0.25, 0.3) is 5.91 Å². The molecular weight excluding hydrogens is 376 g/mol. The van der Waals surface area contributed by atoms with Gasteiger partial charge in [-0.2, -0.15) is 0 Å². The molecule has 2 unspecified atom stereocenters. The Kier molecular flexibility index (Phi) is 5.81. The Bertz CT molecular complexity index is 1050. The lowest BCUT2D eigenvalue weighted by molar-refractivity contribution is 0.100. The first kappa shape index (κ1) is 20.1. The molecular formula is C23H28N6O. The van der Waals surface area contributed by atoms with E-state index in [1.165, 1.54) is 12.8 Å². The summed E-state index contributed by atoms with van der Waals surface area (Å²) in [7, 11) is 4.09. The second kappa shape index (κ2) is 8.67. The molecule has 2 aromatic heterocycles. The average molecular weight is 405 g/mol. The summed E-state index contributed by atoms with van der Waals surface area (Å²) in [6.07, 6.45) is 8.31. The number of pyridine rings is 2. The van der Waals surface area contributed by atoms with E-state index in [9.17, 15) is 4.79 Å². The summed E-state index contributed by atoms with van der Waals surface area (Å²) in [5, 5.41) is 8.85. The number of carbonyl (C=O) groups is 1. The highest BCUT2D eigenvalue weighted by atomic mass is 16.1. The second-order valence-electron chi connectivity index (χ2n) is 7.85. The van der Waals surface area contributed by atoms with Crippen molar-refractivity contribution in [1.82, 2.24) is 15.3 Å². The van der Waals surface area contributed by atoms with E-state index in [0.29, 0.717) is 23.5 Å². The number of fused-ring (bicyclic) bond motifs is 1. The molecule has 4 N–H and O–H groups in total. The molecule has 7 nitrogen and oxygen atoms in total. The summed E-state index contributed by atoms with van der Waals surface area (Å²) in [4.78, 5) is 23.2. The van der Waals surface area contributed by atoms with Crippen LogP contribution in [-0.4, -0.2) is 42.1 Å². The third-order valence-corrected chi connectivity index (χ3v) is 6.01. The third-order valence-electron chi connectivity index (χ3n) is 6.01. The van der Waals surface area contributed by atoms with Crippen molar-refractivity contribution in [2.24, 2.45) is 5.73 Å². The molecule has 3 aromatic rings. The molecule has 0 bridgehead atoms. The molecule has 0 aliphatic heterocycles. The summed E-state index contributed by atoms with van der Waals surface area (Å²) in [5.74, 6) is 0.784. The summed E-state index contributed by atoms with van der Waals surface area (Å²) in [6.45, 7) is 0. The van der Waals surface area contributed by atoms with Gasteiger partial charge in [0.05, 0.1) is 5.56 Å². The topological polar surface area (TPSA) is 96.2 Å². The monoisotopic (exact) mass is 404 g/mol. The van der Waals surface area contributed by atoms with Gasteiger partial charge in [-0.3, -0.25) is 9.78 Å². The van der Waals surface area contributed by atoms with Gasteiger partial charge >= 0.3 is 0 Å². The molecule has 1 fully saturated rings. The number of nitrogens with one attached hydrogen (secondary N) is 2. The van der Waals surface area contributed by atoms with Crippen LogP contribution in [0.4, 0.5) is 17.3 Å². The standard InChI is InChI=1S/C23H28N6O/c1-25-19-5-3-4-6-20(19)29(2)21-10-9-18(22(24)30)23(28-21)27-17-8-7-16-14-26-12-11-15(16)13-17/h7-14,19-20,25H,3-6H2,1-2H3,(H2,24,30)(H,27,28). The Morgan fingerprint density at radius 1 is 1.13 bits per heavy atom. The Morgan fingerprint density at radius 2 is 1.97 bits per heavy atom. The summed E-state index contributed by atoms with van der Waals surface area (Å²) in [5.41, 5.74) is 6.83. The molecule has 7 heteroatoms. The van der Waals surface area contributed by atoms with Gasteiger partial charge in [0.15, 0.2) is 0 Å². The Hall–Kier alpha value is -3.19. The van der Waals surface area contributed by atoms with Gasteiger partial charge in [-0.15, -0.1) is 0 Å². The van der Waals surface area contributed by atoms with E-state index in [-0.39, 0.29) is 0 Å². The van der Waals surface area contributed by atoms with Crippen LogP contribution < -0.4 is 21.3 Å². The van der Waals surface area contributed by atoms with Crippen LogP contribution in [0.25, 0.3) is 10.8 Å². The van der Waals surface area contributed by atoms with Crippen LogP contribution >= 0.6 is 0 Å². The van der Waals surface area contributed by atoms with Gasteiger partial charge in [0.1, 0.15) is 11.6 Å². The number of amides is 1. The summed E-state index contributed by atoms with van der Waals surface area (Å²) < 4.78 is 0. The van der Waals surface area contributed by atoms with Crippen LogP contribution in [0.1, 0.15) is 36.0 Å². The van der Waals surface area contributed by atoms with E-state index < -0.39 is 5.91 Å². The molecule has 0 spiro atoms. The summed E-state index contributed by atoms with van der Waals surface area (Å²) in [6, 6.07) is 12.3. The SMILES string of the molecule is CNC1CCCCC1N(C)c1ccc(C(N)=O)c(Nc2ccc3cnccc3c2)n1. The molecule has 156 valence electrons. The van der Waals surface area contributed by atoms with Crippen molar-refractivity contribution in [1.29, 1.82) is 0 Å². The number of primary amides is 1. The Labute approximate surface area is 176 Å². The minimum absolute atomic E-state index is 0.358. The zero-order valence-corrected chi connectivity index (χ0v) is 17.4. The van der Waals surface area contributed by atoms with Gasteiger partial charge in [0, 0.05) is 42.6 Å². The van der Waals surface area contributed by atoms with Crippen molar-refractivity contribution in [3.8, 4) is 0 Å². The molecule has 2 heterocycles. The first-order chi connectivity index (χ1) is 14.6. The number of nitrogens with two attached hydrogens (primary N) is 1. The first-order valence-corrected chi connectivity index (χ1v) is 10.4. The molecule has 1 aliphatic rings.